The van der Waals surface area contributed by atoms with Crippen LogP contribution in [0.2, 0.25) is 0 Å². The molecule has 0 bridgehead atoms. The van der Waals surface area contributed by atoms with E-state index in [1.54, 1.807) is 12.3 Å². The highest BCUT2D eigenvalue weighted by molar-refractivity contribution is 8.00. The Labute approximate surface area is 93.9 Å². The number of nitrogens with zero attached hydrogens (tertiary/aromatic N) is 2. The molecule has 1 aromatic rings. The Hall–Kier alpha value is -1.21. The number of aromatic nitrogens is 1. The second kappa shape index (κ2) is 5.04. The van der Waals surface area contributed by atoms with Crippen LogP contribution in [0.25, 0.3) is 0 Å². The lowest BCUT2D eigenvalue weighted by Crippen LogP contribution is -2.13. The summed E-state index contributed by atoms with van der Waals surface area (Å²) < 4.78 is 0. The third-order valence-electron chi connectivity index (χ3n) is 2.44. The molecule has 1 unspecified atom stereocenters. The summed E-state index contributed by atoms with van der Waals surface area (Å²) >= 11 is 2.03. The molecule has 1 aliphatic heterocycles. The van der Waals surface area contributed by atoms with E-state index in [0.717, 1.165) is 17.5 Å². The van der Waals surface area contributed by atoms with E-state index in [1.807, 2.05) is 23.9 Å². The van der Waals surface area contributed by atoms with E-state index >= 15 is 0 Å². The first-order valence-electron chi connectivity index (χ1n) is 5.10. The van der Waals surface area contributed by atoms with Crippen LogP contribution in [0.3, 0.4) is 0 Å². The fourth-order valence-corrected chi connectivity index (χ4v) is 2.80. The van der Waals surface area contributed by atoms with Crippen LogP contribution in [-0.2, 0) is 0 Å². The van der Waals surface area contributed by atoms with Crippen molar-refractivity contribution in [2.75, 3.05) is 17.6 Å². The second-order valence-electron chi connectivity index (χ2n) is 3.56. The first kappa shape index (κ1) is 10.3. The minimum atomic E-state index is 0.468. The van der Waals surface area contributed by atoms with Crippen molar-refractivity contribution in [3.05, 3.63) is 24.0 Å². The fraction of sp³-hybridized carbons (Fsp3) is 0.455. The highest BCUT2D eigenvalue weighted by Gasteiger charge is 2.14. The predicted molar refractivity (Wildman–Crippen MR) is 62.9 cm³/mol. The molecule has 1 aromatic heterocycles. The lowest BCUT2D eigenvalue weighted by Gasteiger charge is -2.10. The summed E-state index contributed by atoms with van der Waals surface area (Å²) in [6, 6.07) is 5.66. The Morgan fingerprint density at radius 3 is 3.13 bits per heavy atom. The summed E-state index contributed by atoms with van der Waals surface area (Å²) in [5, 5.41) is 12.7. The molecule has 0 saturated carbocycles. The van der Waals surface area contributed by atoms with Gasteiger partial charge in [-0.15, -0.1) is 0 Å². The number of rotatable bonds is 3. The summed E-state index contributed by atoms with van der Waals surface area (Å²) in [5.74, 6) is 1.29. The number of thioether (sulfide) groups is 1. The number of pyridine rings is 1. The van der Waals surface area contributed by atoms with E-state index in [0.29, 0.717) is 5.69 Å². The largest absolute Gasteiger partial charge is 0.383 e. The molecule has 4 heteroatoms. The van der Waals surface area contributed by atoms with Crippen LogP contribution in [0.1, 0.15) is 18.5 Å². The lowest BCUT2D eigenvalue weighted by molar-refractivity contribution is 0.805. The Balaban J connectivity index is 1.85. The monoisotopic (exact) mass is 219 g/mol. The van der Waals surface area contributed by atoms with E-state index in [9.17, 15) is 0 Å². The van der Waals surface area contributed by atoms with Gasteiger partial charge >= 0.3 is 0 Å². The number of hydrogen-bond donors (Lipinski definition) is 1. The van der Waals surface area contributed by atoms with Crippen molar-refractivity contribution in [1.29, 1.82) is 5.26 Å². The molecule has 0 aromatic carbocycles. The molecule has 0 radical (unpaired) electrons. The Kier molecular flexibility index (Phi) is 3.46. The second-order valence-corrected chi connectivity index (χ2v) is 4.97. The van der Waals surface area contributed by atoms with Gasteiger partial charge in [0.15, 0.2) is 0 Å². The van der Waals surface area contributed by atoms with Gasteiger partial charge in [0.05, 0.1) is 11.9 Å². The van der Waals surface area contributed by atoms with Crippen LogP contribution >= 0.6 is 11.8 Å². The molecule has 1 N–H and O–H groups in total. The average Bonchev–Trinajstić information content (AvgIpc) is 2.80. The molecular weight excluding hydrogens is 206 g/mol. The normalized spacial score (nSPS) is 19.8. The predicted octanol–water partition coefficient (Wildman–Crippen LogP) is 2.26. The third-order valence-corrected chi connectivity index (χ3v) is 3.83. The first-order chi connectivity index (χ1) is 7.38. The molecule has 78 valence electrons. The zero-order valence-corrected chi connectivity index (χ0v) is 9.26. The van der Waals surface area contributed by atoms with Crippen LogP contribution in [0, 0.1) is 11.3 Å². The zero-order chi connectivity index (χ0) is 10.5. The van der Waals surface area contributed by atoms with Gasteiger partial charge in [-0.25, -0.2) is 4.98 Å². The number of nitriles is 1. The molecule has 0 spiro atoms. The molecule has 0 aliphatic carbocycles. The van der Waals surface area contributed by atoms with Gasteiger partial charge < -0.3 is 5.32 Å². The smallest absolute Gasteiger partial charge is 0.140 e. The maximum atomic E-state index is 8.59. The van der Waals surface area contributed by atoms with E-state index in [4.69, 9.17) is 5.26 Å². The average molecular weight is 219 g/mol. The van der Waals surface area contributed by atoms with Gasteiger partial charge in [-0.1, -0.05) is 0 Å². The minimum Gasteiger partial charge on any atom is -0.383 e. The van der Waals surface area contributed by atoms with Crippen molar-refractivity contribution < 1.29 is 0 Å². The number of anilines is 1. The van der Waals surface area contributed by atoms with Gasteiger partial charge in [-0.3, -0.25) is 0 Å². The van der Waals surface area contributed by atoms with Gasteiger partial charge in [-0.05, 0) is 30.7 Å². The lowest BCUT2D eigenvalue weighted by atomic mass is 10.2. The molecule has 1 atom stereocenters. The van der Waals surface area contributed by atoms with Crippen molar-refractivity contribution in [3.8, 4) is 6.07 Å². The maximum absolute atomic E-state index is 8.59. The molecule has 0 amide bonds. The number of nitrogens with one attached hydrogen (secondary N) is 1. The van der Waals surface area contributed by atoms with Crippen LogP contribution in [0.15, 0.2) is 18.3 Å². The minimum absolute atomic E-state index is 0.468. The van der Waals surface area contributed by atoms with Crippen molar-refractivity contribution in [2.45, 2.75) is 18.1 Å². The Morgan fingerprint density at radius 2 is 2.53 bits per heavy atom. The quantitative estimate of drug-likeness (QED) is 0.847. The van der Waals surface area contributed by atoms with Crippen LogP contribution in [0.4, 0.5) is 5.69 Å². The SMILES string of the molecule is N#Cc1ccc(NCC2CCCS2)cn1. The summed E-state index contributed by atoms with van der Waals surface area (Å²) in [4.78, 5) is 4.01. The summed E-state index contributed by atoms with van der Waals surface area (Å²) in [7, 11) is 0. The highest BCUT2D eigenvalue weighted by Crippen LogP contribution is 2.26. The van der Waals surface area contributed by atoms with E-state index < -0.39 is 0 Å². The Morgan fingerprint density at radius 1 is 1.60 bits per heavy atom. The van der Waals surface area contributed by atoms with Crippen molar-refractivity contribution >= 4 is 17.4 Å². The zero-order valence-electron chi connectivity index (χ0n) is 8.44. The van der Waals surface area contributed by atoms with Gasteiger partial charge in [0.25, 0.3) is 0 Å². The standard InChI is InChI=1S/C11H13N3S/c12-6-9-3-4-10(7-13-9)14-8-11-2-1-5-15-11/h3-4,7,11,14H,1-2,5,8H2. The molecule has 1 aliphatic rings. The molecular formula is C11H13N3S. The molecule has 15 heavy (non-hydrogen) atoms. The van der Waals surface area contributed by atoms with Gasteiger partial charge in [0.2, 0.25) is 0 Å². The molecule has 2 rings (SSSR count). The highest BCUT2D eigenvalue weighted by atomic mass is 32.2. The van der Waals surface area contributed by atoms with Crippen molar-refractivity contribution in [2.24, 2.45) is 0 Å². The molecule has 2 heterocycles. The third kappa shape index (κ3) is 2.87. The van der Waals surface area contributed by atoms with Crippen molar-refractivity contribution in [1.82, 2.24) is 4.98 Å². The summed E-state index contributed by atoms with van der Waals surface area (Å²) in [5.41, 5.74) is 1.47. The van der Waals surface area contributed by atoms with E-state index in [-0.39, 0.29) is 0 Å². The molecule has 3 nitrogen and oxygen atoms in total. The van der Waals surface area contributed by atoms with Crippen LogP contribution < -0.4 is 5.32 Å². The van der Waals surface area contributed by atoms with E-state index in [2.05, 4.69) is 10.3 Å². The molecule has 1 saturated heterocycles. The van der Waals surface area contributed by atoms with Crippen molar-refractivity contribution in [3.63, 3.8) is 0 Å². The maximum Gasteiger partial charge on any atom is 0.140 e. The topological polar surface area (TPSA) is 48.7 Å². The van der Waals surface area contributed by atoms with Crippen LogP contribution in [0.5, 0.6) is 0 Å². The van der Waals surface area contributed by atoms with Gasteiger partial charge in [0.1, 0.15) is 11.8 Å². The number of hydrogen-bond acceptors (Lipinski definition) is 4. The fourth-order valence-electron chi connectivity index (χ4n) is 1.60. The van der Waals surface area contributed by atoms with E-state index in [1.165, 1.54) is 18.6 Å². The van der Waals surface area contributed by atoms with Gasteiger partial charge in [0, 0.05) is 11.8 Å². The summed E-state index contributed by atoms with van der Waals surface area (Å²) in [6.45, 7) is 0.998. The summed E-state index contributed by atoms with van der Waals surface area (Å²) in [6.07, 6.45) is 4.36. The van der Waals surface area contributed by atoms with Gasteiger partial charge in [-0.2, -0.15) is 17.0 Å². The van der Waals surface area contributed by atoms with Crippen LogP contribution in [-0.4, -0.2) is 22.5 Å². The first-order valence-corrected chi connectivity index (χ1v) is 6.15. The Bertz CT molecular complexity index is 349. The molecule has 1 fully saturated rings.